The zero-order valence-electron chi connectivity index (χ0n) is 5.14. The second kappa shape index (κ2) is 3.03. The molecule has 1 aromatic heterocycles. The van der Waals surface area contributed by atoms with E-state index in [2.05, 4.69) is 10.2 Å². The third kappa shape index (κ3) is 1.30. The quantitative estimate of drug-likeness (QED) is 0.659. The van der Waals surface area contributed by atoms with Crippen LogP contribution in [0.3, 0.4) is 0 Å². The van der Waals surface area contributed by atoms with Crippen LogP contribution in [0.15, 0.2) is 6.20 Å². The zero-order valence-corrected chi connectivity index (χ0v) is 6.65. The number of methoxy groups -OCH3 is 1. The number of halogens is 2. The van der Waals surface area contributed by atoms with Crippen LogP contribution in [0.2, 0.25) is 10.0 Å². The van der Waals surface area contributed by atoms with Crippen LogP contribution >= 0.6 is 23.2 Å². The van der Waals surface area contributed by atoms with Gasteiger partial charge >= 0.3 is 0 Å². The Hall–Kier alpha value is -0.540. The number of nitrogens with zero attached hydrogens (tertiary/aromatic N) is 2. The van der Waals surface area contributed by atoms with Gasteiger partial charge in [0.25, 0.3) is 5.88 Å². The van der Waals surface area contributed by atoms with Crippen LogP contribution in [-0.2, 0) is 0 Å². The largest absolute Gasteiger partial charge is 0.479 e. The van der Waals surface area contributed by atoms with Crippen molar-refractivity contribution in [1.29, 1.82) is 0 Å². The highest BCUT2D eigenvalue weighted by molar-refractivity contribution is 6.42. The minimum atomic E-state index is 0.245. The number of rotatable bonds is 1. The number of hydrogen-bond donors (Lipinski definition) is 0. The summed E-state index contributed by atoms with van der Waals surface area (Å²) in [7, 11) is 1.45. The molecule has 1 aromatic rings. The molecule has 0 atom stereocenters. The highest BCUT2D eigenvalue weighted by Crippen LogP contribution is 2.27. The van der Waals surface area contributed by atoms with Crippen LogP contribution in [0.5, 0.6) is 5.88 Å². The summed E-state index contributed by atoms with van der Waals surface area (Å²) in [6.45, 7) is 0. The molecule has 0 aliphatic heterocycles. The number of aromatic nitrogens is 2. The number of ether oxygens (including phenoxy) is 1. The molecule has 1 rings (SSSR count). The van der Waals surface area contributed by atoms with E-state index in [1.54, 1.807) is 0 Å². The first-order valence-electron chi connectivity index (χ1n) is 2.46. The van der Waals surface area contributed by atoms with Crippen molar-refractivity contribution in [3.63, 3.8) is 0 Å². The molecule has 0 spiro atoms. The van der Waals surface area contributed by atoms with E-state index >= 15 is 0 Å². The van der Waals surface area contributed by atoms with E-state index in [9.17, 15) is 0 Å². The van der Waals surface area contributed by atoms with Gasteiger partial charge < -0.3 is 4.74 Å². The summed E-state index contributed by atoms with van der Waals surface area (Å²) in [6, 6.07) is 0. The molecule has 0 aromatic carbocycles. The molecule has 3 nitrogen and oxygen atoms in total. The zero-order chi connectivity index (χ0) is 7.56. The maximum atomic E-state index is 5.63. The standard InChI is InChI=1S/C5H4Cl2N2O/c1-10-5-4(7)3(6)2-8-9-5/h2H,1H3. The molecule has 0 bridgehead atoms. The third-order valence-corrected chi connectivity index (χ3v) is 1.66. The Bertz CT molecular complexity index is 241. The van der Waals surface area contributed by atoms with Crippen LogP contribution in [0.25, 0.3) is 0 Å². The molecule has 1 heterocycles. The lowest BCUT2D eigenvalue weighted by Crippen LogP contribution is -1.90. The second-order valence-electron chi connectivity index (χ2n) is 1.52. The normalized spacial score (nSPS) is 9.50. The van der Waals surface area contributed by atoms with Gasteiger partial charge in [-0.05, 0) is 0 Å². The summed E-state index contributed by atoms with van der Waals surface area (Å²) in [5.41, 5.74) is 0. The van der Waals surface area contributed by atoms with E-state index in [1.807, 2.05) is 0 Å². The average molecular weight is 179 g/mol. The first kappa shape index (κ1) is 7.57. The van der Waals surface area contributed by atoms with Gasteiger partial charge in [0.1, 0.15) is 5.02 Å². The van der Waals surface area contributed by atoms with Gasteiger partial charge in [-0.3, -0.25) is 0 Å². The van der Waals surface area contributed by atoms with Gasteiger partial charge in [-0.25, -0.2) is 0 Å². The van der Waals surface area contributed by atoms with Crippen molar-refractivity contribution in [2.45, 2.75) is 0 Å². The molecule has 10 heavy (non-hydrogen) atoms. The van der Waals surface area contributed by atoms with Crippen LogP contribution in [0.1, 0.15) is 0 Å². The molecule has 0 unspecified atom stereocenters. The van der Waals surface area contributed by atoms with Gasteiger partial charge in [0, 0.05) is 0 Å². The first-order chi connectivity index (χ1) is 4.75. The lowest BCUT2D eigenvalue weighted by Gasteiger charge is -1.99. The van der Waals surface area contributed by atoms with Crippen molar-refractivity contribution < 1.29 is 4.74 Å². The van der Waals surface area contributed by atoms with Gasteiger partial charge in [-0.1, -0.05) is 23.2 Å². The second-order valence-corrected chi connectivity index (χ2v) is 2.30. The molecule has 0 saturated carbocycles. The highest BCUT2D eigenvalue weighted by atomic mass is 35.5. The van der Waals surface area contributed by atoms with Gasteiger partial charge in [0.05, 0.1) is 18.3 Å². The molecule has 5 heteroatoms. The van der Waals surface area contributed by atoms with Gasteiger partial charge in [0.2, 0.25) is 0 Å². The monoisotopic (exact) mass is 178 g/mol. The van der Waals surface area contributed by atoms with Crippen molar-refractivity contribution in [3.8, 4) is 5.88 Å². The minimum absolute atomic E-state index is 0.245. The minimum Gasteiger partial charge on any atom is -0.479 e. The molecule has 0 N–H and O–H groups in total. The fourth-order valence-electron chi connectivity index (χ4n) is 0.465. The fraction of sp³-hybridized carbons (Fsp3) is 0.200. The maximum Gasteiger partial charge on any atom is 0.253 e. The van der Waals surface area contributed by atoms with Crippen molar-refractivity contribution in [2.75, 3.05) is 7.11 Å². The smallest absolute Gasteiger partial charge is 0.253 e. The summed E-state index contributed by atoms with van der Waals surface area (Å²) in [5, 5.41) is 7.73. The van der Waals surface area contributed by atoms with Gasteiger partial charge in [0.15, 0.2) is 0 Å². The third-order valence-electron chi connectivity index (χ3n) is 0.910. The van der Waals surface area contributed by atoms with Gasteiger partial charge in [-0.2, -0.15) is 5.10 Å². The fourth-order valence-corrected chi connectivity index (χ4v) is 0.753. The first-order valence-corrected chi connectivity index (χ1v) is 3.22. The number of hydrogen-bond acceptors (Lipinski definition) is 3. The molecule has 0 fully saturated rings. The van der Waals surface area contributed by atoms with Crippen LogP contribution in [-0.4, -0.2) is 17.3 Å². The van der Waals surface area contributed by atoms with Crippen molar-refractivity contribution in [1.82, 2.24) is 10.2 Å². The molecule has 0 saturated heterocycles. The summed E-state index contributed by atoms with van der Waals surface area (Å²) >= 11 is 11.2. The Kier molecular flexibility index (Phi) is 2.29. The molecule has 54 valence electrons. The molecular formula is C5H4Cl2N2O. The van der Waals surface area contributed by atoms with E-state index in [-0.39, 0.29) is 5.88 Å². The van der Waals surface area contributed by atoms with Crippen molar-refractivity contribution >= 4 is 23.2 Å². The molecule has 0 amide bonds. The van der Waals surface area contributed by atoms with E-state index in [1.165, 1.54) is 13.3 Å². The molecule has 0 aliphatic rings. The summed E-state index contributed by atoms with van der Waals surface area (Å²) in [5.74, 6) is 0.245. The Morgan fingerprint density at radius 2 is 2.20 bits per heavy atom. The predicted octanol–water partition coefficient (Wildman–Crippen LogP) is 1.79. The van der Waals surface area contributed by atoms with Crippen LogP contribution in [0.4, 0.5) is 0 Å². The summed E-state index contributed by atoms with van der Waals surface area (Å²) in [4.78, 5) is 0. The molecular weight excluding hydrogens is 175 g/mol. The Labute approximate surface area is 67.9 Å². The Morgan fingerprint density at radius 1 is 1.50 bits per heavy atom. The predicted molar refractivity (Wildman–Crippen MR) is 38.6 cm³/mol. The maximum absolute atomic E-state index is 5.63. The lowest BCUT2D eigenvalue weighted by atomic mass is 10.5. The van der Waals surface area contributed by atoms with Crippen molar-refractivity contribution in [2.24, 2.45) is 0 Å². The van der Waals surface area contributed by atoms with Crippen LogP contribution < -0.4 is 4.74 Å². The van der Waals surface area contributed by atoms with Crippen LogP contribution in [0, 0.1) is 0 Å². The van der Waals surface area contributed by atoms with E-state index in [4.69, 9.17) is 27.9 Å². The molecule has 0 aliphatic carbocycles. The SMILES string of the molecule is COc1nncc(Cl)c1Cl. The molecule has 0 radical (unpaired) electrons. The van der Waals surface area contributed by atoms with E-state index in [0.29, 0.717) is 10.0 Å². The average Bonchev–Trinajstić information content (AvgIpc) is 1.95. The van der Waals surface area contributed by atoms with Crippen molar-refractivity contribution in [3.05, 3.63) is 16.2 Å². The Balaban J connectivity index is 3.14. The highest BCUT2D eigenvalue weighted by Gasteiger charge is 2.05. The Morgan fingerprint density at radius 3 is 2.70 bits per heavy atom. The summed E-state index contributed by atoms with van der Waals surface area (Å²) in [6.07, 6.45) is 1.35. The summed E-state index contributed by atoms with van der Waals surface area (Å²) < 4.78 is 4.74. The lowest BCUT2D eigenvalue weighted by molar-refractivity contribution is 0.392. The van der Waals surface area contributed by atoms with E-state index < -0.39 is 0 Å². The van der Waals surface area contributed by atoms with E-state index in [0.717, 1.165) is 0 Å². The topological polar surface area (TPSA) is 35.0 Å². The van der Waals surface area contributed by atoms with Gasteiger partial charge in [-0.15, -0.1) is 5.10 Å².